The first-order chi connectivity index (χ1) is 10.1. The van der Waals surface area contributed by atoms with E-state index >= 15 is 0 Å². The molecule has 0 bridgehead atoms. The smallest absolute Gasteiger partial charge is 0.305 e. The molecule has 0 saturated heterocycles. The average Bonchev–Trinajstić information content (AvgIpc) is 2.49. The van der Waals surface area contributed by atoms with Gasteiger partial charge in [0.2, 0.25) is 5.91 Å². The normalized spacial score (nSPS) is 21.8. The van der Waals surface area contributed by atoms with Gasteiger partial charge in [0.25, 0.3) is 0 Å². The molecule has 1 aliphatic carbocycles. The van der Waals surface area contributed by atoms with Crippen LogP contribution >= 0.6 is 0 Å². The van der Waals surface area contributed by atoms with E-state index in [0.717, 1.165) is 31.4 Å². The van der Waals surface area contributed by atoms with Crippen LogP contribution in [-0.4, -0.2) is 29.6 Å². The van der Waals surface area contributed by atoms with Crippen molar-refractivity contribution in [1.29, 1.82) is 0 Å². The first kappa shape index (κ1) is 15.5. The lowest BCUT2D eigenvalue weighted by Gasteiger charge is -2.31. The van der Waals surface area contributed by atoms with E-state index in [-0.39, 0.29) is 30.8 Å². The quantitative estimate of drug-likeness (QED) is 0.869. The Labute approximate surface area is 124 Å². The van der Waals surface area contributed by atoms with Gasteiger partial charge in [-0.05, 0) is 37.8 Å². The third kappa shape index (κ3) is 4.29. The van der Waals surface area contributed by atoms with Crippen LogP contribution in [0.3, 0.4) is 0 Å². The molecule has 2 rings (SSSR count). The van der Waals surface area contributed by atoms with Gasteiger partial charge in [-0.2, -0.15) is 0 Å². The van der Waals surface area contributed by atoms with Gasteiger partial charge in [0.15, 0.2) is 0 Å². The van der Waals surface area contributed by atoms with Gasteiger partial charge >= 0.3 is 5.97 Å². The molecule has 0 radical (unpaired) electrons. The predicted octanol–water partition coefficient (Wildman–Crippen LogP) is 2.01. The standard InChI is InChI=1S/C16H22N2O3/c17-13-8-6-12(7-9-13)16(21)18(11-10-15(19)20)14-4-2-1-3-5-14/h1-5,12-13H,6-11,17H2,(H,19,20). The number of hydrogen-bond acceptors (Lipinski definition) is 3. The highest BCUT2D eigenvalue weighted by molar-refractivity contribution is 5.95. The van der Waals surface area contributed by atoms with Crippen LogP contribution in [0.4, 0.5) is 5.69 Å². The number of carbonyl (C=O) groups is 2. The maximum Gasteiger partial charge on any atom is 0.305 e. The molecule has 0 heterocycles. The summed E-state index contributed by atoms with van der Waals surface area (Å²) in [7, 11) is 0. The van der Waals surface area contributed by atoms with Crippen molar-refractivity contribution in [1.82, 2.24) is 0 Å². The molecule has 0 spiro atoms. The Bertz CT molecular complexity index is 482. The number of aliphatic carboxylic acids is 1. The van der Waals surface area contributed by atoms with Gasteiger partial charge in [0.05, 0.1) is 6.42 Å². The Balaban J connectivity index is 2.10. The lowest BCUT2D eigenvalue weighted by molar-refractivity contribution is -0.136. The summed E-state index contributed by atoms with van der Waals surface area (Å²) in [5.41, 5.74) is 6.64. The minimum Gasteiger partial charge on any atom is -0.481 e. The Morgan fingerprint density at radius 2 is 1.76 bits per heavy atom. The van der Waals surface area contributed by atoms with Gasteiger partial charge < -0.3 is 15.7 Å². The fourth-order valence-electron chi connectivity index (χ4n) is 2.77. The van der Waals surface area contributed by atoms with Gasteiger partial charge in [-0.1, -0.05) is 18.2 Å². The van der Waals surface area contributed by atoms with Crippen molar-refractivity contribution >= 4 is 17.6 Å². The van der Waals surface area contributed by atoms with Crippen molar-refractivity contribution in [3.05, 3.63) is 30.3 Å². The number of carbonyl (C=O) groups excluding carboxylic acids is 1. The molecule has 1 saturated carbocycles. The molecule has 5 heteroatoms. The maximum atomic E-state index is 12.7. The second-order valence-electron chi connectivity index (χ2n) is 5.58. The zero-order valence-corrected chi connectivity index (χ0v) is 12.1. The number of rotatable bonds is 5. The summed E-state index contributed by atoms with van der Waals surface area (Å²) in [6, 6.07) is 9.46. The van der Waals surface area contributed by atoms with Crippen LogP contribution in [0.25, 0.3) is 0 Å². The third-order valence-electron chi connectivity index (χ3n) is 4.00. The minimum atomic E-state index is -0.894. The van der Waals surface area contributed by atoms with E-state index in [1.54, 1.807) is 4.90 Å². The van der Waals surface area contributed by atoms with Gasteiger partial charge in [-0.15, -0.1) is 0 Å². The van der Waals surface area contributed by atoms with Crippen LogP contribution in [0, 0.1) is 5.92 Å². The van der Waals surface area contributed by atoms with E-state index in [1.165, 1.54) is 0 Å². The number of anilines is 1. The summed E-state index contributed by atoms with van der Waals surface area (Å²) in [6.45, 7) is 0.209. The first-order valence-electron chi connectivity index (χ1n) is 7.41. The van der Waals surface area contributed by atoms with Crippen LogP contribution in [0.5, 0.6) is 0 Å². The number of carboxylic acid groups (broad SMARTS) is 1. The fourth-order valence-corrected chi connectivity index (χ4v) is 2.77. The largest absolute Gasteiger partial charge is 0.481 e. The summed E-state index contributed by atoms with van der Waals surface area (Å²) in [4.78, 5) is 25.1. The first-order valence-corrected chi connectivity index (χ1v) is 7.41. The van der Waals surface area contributed by atoms with Crippen molar-refractivity contribution < 1.29 is 14.7 Å². The Morgan fingerprint density at radius 3 is 2.33 bits per heavy atom. The van der Waals surface area contributed by atoms with E-state index in [9.17, 15) is 9.59 Å². The van der Waals surface area contributed by atoms with Crippen LogP contribution in [-0.2, 0) is 9.59 Å². The number of hydrogen-bond donors (Lipinski definition) is 2. The van der Waals surface area contributed by atoms with Crippen LogP contribution < -0.4 is 10.6 Å². The van der Waals surface area contributed by atoms with Crippen molar-refractivity contribution in [2.75, 3.05) is 11.4 Å². The summed E-state index contributed by atoms with van der Waals surface area (Å²) >= 11 is 0. The molecule has 0 aromatic heterocycles. The highest BCUT2D eigenvalue weighted by Crippen LogP contribution is 2.27. The number of para-hydroxylation sites is 1. The summed E-state index contributed by atoms with van der Waals surface area (Å²) in [5, 5.41) is 8.88. The molecule has 0 atom stereocenters. The predicted molar refractivity (Wildman–Crippen MR) is 81.0 cm³/mol. The number of carboxylic acids is 1. The fraction of sp³-hybridized carbons (Fsp3) is 0.500. The van der Waals surface area contributed by atoms with Gasteiger partial charge in [-0.3, -0.25) is 9.59 Å². The number of benzene rings is 1. The van der Waals surface area contributed by atoms with Gasteiger partial charge in [0.1, 0.15) is 0 Å². The molecule has 21 heavy (non-hydrogen) atoms. The summed E-state index contributed by atoms with van der Waals surface area (Å²) in [5.74, 6) is -0.914. The van der Waals surface area contributed by atoms with E-state index < -0.39 is 5.97 Å². The molecule has 1 amide bonds. The Hall–Kier alpha value is -1.88. The summed E-state index contributed by atoms with van der Waals surface area (Å²) in [6.07, 6.45) is 3.25. The molecule has 3 N–H and O–H groups in total. The second-order valence-corrected chi connectivity index (χ2v) is 5.58. The highest BCUT2D eigenvalue weighted by Gasteiger charge is 2.29. The highest BCUT2D eigenvalue weighted by atomic mass is 16.4. The van der Waals surface area contributed by atoms with Crippen molar-refractivity contribution in [2.45, 2.75) is 38.1 Å². The zero-order valence-electron chi connectivity index (χ0n) is 12.1. The number of nitrogens with zero attached hydrogens (tertiary/aromatic N) is 1. The van der Waals surface area contributed by atoms with E-state index in [1.807, 2.05) is 30.3 Å². The third-order valence-corrected chi connectivity index (χ3v) is 4.00. The van der Waals surface area contributed by atoms with Crippen molar-refractivity contribution in [3.8, 4) is 0 Å². The maximum absolute atomic E-state index is 12.7. The molecule has 114 valence electrons. The Kier molecular flexibility index (Phi) is 5.33. The monoisotopic (exact) mass is 290 g/mol. The van der Waals surface area contributed by atoms with Gasteiger partial charge in [0, 0.05) is 24.2 Å². The second kappa shape index (κ2) is 7.22. The minimum absolute atomic E-state index is 0.0225. The molecule has 1 aliphatic rings. The van der Waals surface area contributed by atoms with E-state index in [4.69, 9.17) is 10.8 Å². The van der Waals surface area contributed by atoms with E-state index in [2.05, 4.69) is 0 Å². The topological polar surface area (TPSA) is 83.6 Å². The molecule has 0 unspecified atom stereocenters. The molecule has 1 aromatic carbocycles. The van der Waals surface area contributed by atoms with Crippen molar-refractivity contribution in [3.63, 3.8) is 0 Å². The van der Waals surface area contributed by atoms with Crippen molar-refractivity contribution in [2.24, 2.45) is 11.7 Å². The molecular formula is C16H22N2O3. The Morgan fingerprint density at radius 1 is 1.14 bits per heavy atom. The number of amides is 1. The van der Waals surface area contributed by atoms with Gasteiger partial charge in [-0.25, -0.2) is 0 Å². The lowest BCUT2D eigenvalue weighted by Crippen LogP contribution is -2.40. The lowest BCUT2D eigenvalue weighted by atomic mass is 9.85. The van der Waals surface area contributed by atoms with Crippen LogP contribution in [0.1, 0.15) is 32.1 Å². The zero-order chi connectivity index (χ0) is 15.2. The SMILES string of the molecule is NC1CCC(C(=O)N(CCC(=O)O)c2ccccc2)CC1. The molecular weight excluding hydrogens is 268 g/mol. The summed E-state index contributed by atoms with van der Waals surface area (Å²) < 4.78 is 0. The average molecular weight is 290 g/mol. The van der Waals surface area contributed by atoms with E-state index in [0.29, 0.717) is 0 Å². The number of nitrogens with two attached hydrogens (primary N) is 1. The molecule has 5 nitrogen and oxygen atoms in total. The molecule has 1 fully saturated rings. The van der Waals surface area contributed by atoms with Crippen LogP contribution in [0.2, 0.25) is 0 Å². The molecule has 0 aliphatic heterocycles. The molecule has 1 aromatic rings. The van der Waals surface area contributed by atoms with Crippen LogP contribution in [0.15, 0.2) is 30.3 Å².